The number of aryl methyl sites for hydroxylation is 1. The fourth-order valence-corrected chi connectivity index (χ4v) is 3.20. The molecule has 0 aromatic heterocycles. The molecule has 0 fully saturated rings. The molecule has 1 aromatic carbocycles. The lowest BCUT2D eigenvalue weighted by molar-refractivity contribution is 0.304. The summed E-state index contributed by atoms with van der Waals surface area (Å²) >= 11 is 0. The summed E-state index contributed by atoms with van der Waals surface area (Å²) in [5.74, 6) is 1.64. The summed E-state index contributed by atoms with van der Waals surface area (Å²) in [5, 5.41) is 3.56. The third kappa shape index (κ3) is 3.35. The van der Waals surface area contributed by atoms with Crippen molar-refractivity contribution in [1.82, 2.24) is 5.32 Å². The van der Waals surface area contributed by atoms with Crippen LogP contribution in [0.1, 0.15) is 44.2 Å². The summed E-state index contributed by atoms with van der Waals surface area (Å²) in [6, 6.07) is 9.67. The molecule has 0 heterocycles. The lowest BCUT2D eigenvalue weighted by atomic mass is 9.78. The van der Waals surface area contributed by atoms with Crippen LogP contribution in [0, 0.1) is 11.8 Å². The van der Waals surface area contributed by atoms with Crippen LogP contribution in [0.4, 0.5) is 0 Å². The van der Waals surface area contributed by atoms with Crippen LogP contribution in [0.5, 0.6) is 0 Å². The number of fused-ring (bicyclic) bond motifs is 1. The maximum Gasteiger partial charge on any atom is 0.00957 e. The second-order valence-electron chi connectivity index (χ2n) is 6.14. The third-order valence-corrected chi connectivity index (χ3v) is 4.38. The molecule has 1 aliphatic rings. The topological polar surface area (TPSA) is 12.0 Å². The molecular formula is C17H27N. The molecule has 1 N–H and O–H groups in total. The first-order valence-corrected chi connectivity index (χ1v) is 7.44. The van der Waals surface area contributed by atoms with E-state index in [1.807, 2.05) is 0 Å². The number of hydrogen-bond acceptors (Lipinski definition) is 1. The molecule has 0 amide bonds. The molecule has 1 aromatic rings. The zero-order valence-corrected chi connectivity index (χ0v) is 12.1. The Morgan fingerprint density at radius 2 is 1.89 bits per heavy atom. The quantitative estimate of drug-likeness (QED) is 0.831. The molecule has 2 rings (SSSR count). The first-order chi connectivity index (χ1) is 8.70. The molecule has 1 heteroatoms. The van der Waals surface area contributed by atoms with Crippen LogP contribution in [0.3, 0.4) is 0 Å². The average Bonchev–Trinajstić information content (AvgIpc) is 2.39. The fraction of sp³-hybridized carbons (Fsp3) is 0.647. The van der Waals surface area contributed by atoms with Gasteiger partial charge in [-0.05, 0) is 62.1 Å². The van der Waals surface area contributed by atoms with Crippen LogP contribution < -0.4 is 5.32 Å². The van der Waals surface area contributed by atoms with Crippen LogP contribution in [0.25, 0.3) is 0 Å². The Kier molecular flexibility index (Phi) is 4.82. The van der Waals surface area contributed by atoms with Crippen LogP contribution in [0.15, 0.2) is 24.3 Å². The Morgan fingerprint density at radius 1 is 1.17 bits per heavy atom. The molecule has 1 aliphatic carbocycles. The maximum atomic E-state index is 3.56. The van der Waals surface area contributed by atoms with E-state index in [0.29, 0.717) is 6.04 Å². The minimum atomic E-state index is 0.695. The van der Waals surface area contributed by atoms with Gasteiger partial charge in [-0.1, -0.05) is 38.1 Å². The minimum absolute atomic E-state index is 0.695. The van der Waals surface area contributed by atoms with E-state index in [4.69, 9.17) is 0 Å². The van der Waals surface area contributed by atoms with Gasteiger partial charge in [0, 0.05) is 6.04 Å². The van der Waals surface area contributed by atoms with Gasteiger partial charge < -0.3 is 5.32 Å². The predicted octanol–water partition coefficient (Wildman–Crippen LogP) is 3.82. The Labute approximate surface area is 112 Å². The first-order valence-electron chi connectivity index (χ1n) is 7.44. The van der Waals surface area contributed by atoms with Gasteiger partial charge in [-0.2, -0.15) is 0 Å². The van der Waals surface area contributed by atoms with E-state index in [-0.39, 0.29) is 0 Å². The van der Waals surface area contributed by atoms with Crippen LogP contribution in [0.2, 0.25) is 0 Å². The van der Waals surface area contributed by atoms with Gasteiger partial charge in [-0.3, -0.25) is 0 Å². The number of rotatable bonds is 5. The Bertz CT molecular complexity index is 370. The van der Waals surface area contributed by atoms with E-state index in [9.17, 15) is 0 Å². The van der Waals surface area contributed by atoms with Gasteiger partial charge in [-0.25, -0.2) is 0 Å². The molecule has 0 saturated carbocycles. The van der Waals surface area contributed by atoms with E-state index in [1.54, 1.807) is 11.1 Å². The van der Waals surface area contributed by atoms with Gasteiger partial charge in [0.25, 0.3) is 0 Å². The molecule has 0 aliphatic heterocycles. The van der Waals surface area contributed by atoms with E-state index < -0.39 is 0 Å². The largest absolute Gasteiger partial charge is 0.317 e. The summed E-state index contributed by atoms with van der Waals surface area (Å²) in [5.41, 5.74) is 3.16. The van der Waals surface area contributed by atoms with Crippen molar-refractivity contribution in [3.8, 4) is 0 Å². The standard InChI is InChI=1S/C17H27N/c1-13(2)8-11-17(18-3)16-10-9-14-6-4-5-7-15(14)12-16/h4-7,13,16-18H,8-12H2,1-3H3. The SMILES string of the molecule is CNC(CCC(C)C)C1CCc2ccccc2C1. The molecule has 18 heavy (non-hydrogen) atoms. The molecule has 2 atom stereocenters. The van der Waals surface area contributed by atoms with Gasteiger partial charge in [0.2, 0.25) is 0 Å². The monoisotopic (exact) mass is 245 g/mol. The minimum Gasteiger partial charge on any atom is -0.317 e. The molecule has 100 valence electrons. The predicted molar refractivity (Wildman–Crippen MR) is 78.9 cm³/mol. The van der Waals surface area contributed by atoms with Crippen molar-refractivity contribution in [2.75, 3.05) is 7.05 Å². The zero-order chi connectivity index (χ0) is 13.0. The van der Waals surface area contributed by atoms with Gasteiger partial charge in [0.15, 0.2) is 0 Å². The summed E-state index contributed by atoms with van der Waals surface area (Å²) < 4.78 is 0. The fourth-order valence-electron chi connectivity index (χ4n) is 3.20. The summed E-state index contributed by atoms with van der Waals surface area (Å²) in [4.78, 5) is 0. The summed E-state index contributed by atoms with van der Waals surface area (Å²) in [6.45, 7) is 4.64. The highest BCUT2D eigenvalue weighted by Crippen LogP contribution is 2.29. The number of nitrogens with one attached hydrogen (secondary N) is 1. The molecule has 0 bridgehead atoms. The second-order valence-corrected chi connectivity index (χ2v) is 6.14. The van der Waals surface area contributed by atoms with Gasteiger partial charge >= 0.3 is 0 Å². The van der Waals surface area contributed by atoms with Crippen molar-refractivity contribution in [3.05, 3.63) is 35.4 Å². The highest BCUT2D eigenvalue weighted by molar-refractivity contribution is 5.29. The van der Waals surface area contributed by atoms with E-state index >= 15 is 0 Å². The molecule has 0 spiro atoms. The molecule has 0 radical (unpaired) electrons. The maximum absolute atomic E-state index is 3.56. The molecular weight excluding hydrogens is 218 g/mol. The first kappa shape index (κ1) is 13.6. The van der Waals surface area contributed by atoms with Gasteiger partial charge in [0.1, 0.15) is 0 Å². The second kappa shape index (κ2) is 6.38. The van der Waals surface area contributed by atoms with Crippen LogP contribution >= 0.6 is 0 Å². The van der Waals surface area contributed by atoms with Crippen LogP contribution in [-0.4, -0.2) is 13.1 Å². The zero-order valence-electron chi connectivity index (χ0n) is 12.1. The summed E-state index contributed by atoms with van der Waals surface area (Å²) in [6.07, 6.45) is 6.53. The lowest BCUT2D eigenvalue weighted by Gasteiger charge is -2.32. The normalized spacial score (nSPS) is 20.8. The Balaban J connectivity index is 1.98. The van der Waals surface area contributed by atoms with Crippen LogP contribution in [-0.2, 0) is 12.8 Å². The number of benzene rings is 1. The Hall–Kier alpha value is -0.820. The molecule has 1 nitrogen and oxygen atoms in total. The Morgan fingerprint density at radius 3 is 2.56 bits per heavy atom. The van der Waals surface area contributed by atoms with Gasteiger partial charge in [-0.15, -0.1) is 0 Å². The van der Waals surface area contributed by atoms with Crippen molar-refractivity contribution < 1.29 is 0 Å². The van der Waals surface area contributed by atoms with Crippen molar-refractivity contribution in [1.29, 1.82) is 0 Å². The highest BCUT2D eigenvalue weighted by Gasteiger charge is 2.24. The van der Waals surface area contributed by atoms with Gasteiger partial charge in [0.05, 0.1) is 0 Å². The van der Waals surface area contributed by atoms with Crippen molar-refractivity contribution in [2.24, 2.45) is 11.8 Å². The average molecular weight is 245 g/mol. The number of hydrogen-bond donors (Lipinski definition) is 1. The van der Waals surface area contributed by atoms with E-state index in [1.165, 1.54) is 32.1 Å². The molecule has 2 unspecified atom stereocenters. The lowest BCUT2D eigenvalue weighted by Crippen LogP contribution is -2.37. The van der Waals surface area contributed by atoms with Crippen molar-refractivity contribution in [3.63, 3.8) is 0 Å². The third-order valence-electron chi connectivity index (χ3n) is 4.38. The highest BCUT2D eigenvalue weighted by atomic mass is 14.9. The van der Waals surface area contributed by atoms with Crippen molar-refractivity contribution >= 4 is 0 Å². The van der Waals surface area contributed by atoms with E-state index in [0.717, 1.165) is 11.8 Å². The molecule has 0 saturated heterocycles. The van der Waals surface area contributed by atoms with Crippen molar-refractivity contribution in [2.45, 2.75) is 52.0 Å². The smallest absolute Gasteiger partial charge is 0.00957 e. The summed E-state index contributed by atoms with van der Waals surface area (Å²) in [7, 11) is 2.13. The van der Waals surface area contributed by atoms with E-state index in [2.05, 4.69) is 50.5 Å².